The minimum absolute atomic E-state index is 0.0303. The van der Waals surface area contributed by atoms with E-state index in [2.05, 4.69) is 4.72 Å². The van der Waals surface area contributed by atoms with Crippen LogP contribution in [0.1, 0.15) is 24.5 Å². The lowest BCUT2D eigenvalue weighted by Crippen LogP contribution is -2.29. The summed E-state index contributed by atoms with van der Waals surface area (Å²) >= 11 is 0. The van der Waals surface area contributed by atoms with Gasteiger partial charge in [-0.3, -0.25) is 9.52 Å². The normalized spacial score (nSPS) is 16.1. The van der Waals surface area contributed by atoms with E-state index >= 15 is 0 Å². The second-order valence-corrected chi connectivity index (χ2v) is 10.3. The number of nitrogens with one attached hydrogen (secondary N) is 1. The summed E-state index contributed by atoms with van der Waals surface area (Å²) in [6, 6.07) is 9.23. The van der Waals surface area contributed by atoms with E-state index < -0.39 is 26.0 Å². The number of hydrogen-bond acceptors (Lipinski definition) is 6. The van der Waals surface area contributed by atoms with Crippen LogP contribution in [0.3, 0.4) is 0 Å². The second-order valence-electron chi connectivity index (χ2n) is 6.71. The molecule has 29 heavy (non-hydrogen) atoms. The van der Waals surface area contributed by atoms with Gasteiger partial charge in [-0.2, -0.15) is 0 Å². The Morgan fingerprint density at radius 2 is 1.86 bits per heavy atom. The molecule has 1 amide bonds. The van der Waals surface area contributed by atoms with Gasteiger partial charge in [0.15, 0.2) is 0 Å². The first-order valence-electron chi connectivity index (χ1n) is 8.98. The standard InChI is InChI=1S/C19H22N2O6S2/c1-4-27-17-8-7-15(21-19(22)9-10-28(21,23)24)12-18(17)29(25,26)20-16-11-13(2)5-6-14(16)3/h5-8,11-12,20H,4,9-10H2,1-3H3. The molecule has 156 valence electrons. The first-order chi connectivity index (χ1) is 13.5. The topological polar surface area (TPSA) is 110 Å². The van der Waals surface area contributed by atoms with Crippen molar-refractivity contribution >= 4 is 37.3 Å². The van der Waals surface area contributed by atoms with E-state index in [0.29, 0.717) is 9.99 Å². The van der Waals surface area contributed by atoms with Gasteiger partial charge in [0.2, 0.25) is 15.9 Å². The summed E-state index contributed by atoms with van der Waals surface area (Å²) in [5, 5.41) is 0. The third kappa shape index (κ3) is 4.23. The van der Waals surface area contributed by atoms with Crippen LogP contribution in [0.25, 0.3) is 0 Å². The van der Waals surface area contributed by atoms with Crippen LogP contribution in [-0.2, 0) is 24.8 Å². The van der Waals surface area contributed by atoms with E-state index in [1.54, 1.807) is 26.0 Å². The second kappa shape index (κ2) is 7.68. The average Bonchev–Trinajstić information content (AvgIpc) is 2.91. The molecule has 1 N–H and O–H groups in total. The summed E-state index contributed by atoms with van der Waals surface area (Å²) in [5.41, 5.74) is 1.98. The molecular formula is C19H22N2O6S2. The Labute approximate surface area is 170 Å². The van der Waals surface area contributed by atoms with Gasteiger partial charge in [-0.15, -0.1) is 0 Å². The van der Waals surface area contributed by atoms with Crippen LogP contribution in [0.5, 0.6) is 5.75 Å². The highest BCUT2D eigenvalue weighted by Crippen LogP contribution is 2.34. The Bertz CT molecular complexity index is 1170. The average molecular weight is 439 g/mol. The van der Waals surface area contributed by atoms with Crippen molar-refractivity contribution in [3.8, 4) is 5.75 Å². The summed E-state index contributed by atoms with van der Waals surface area (Å²) < 4.78 is 59.3. The number of carbonyl (C=O) groups excluding carboxylic acids is 1. The molecular weight excluding hydrogens is 416 g/mol. The van der Waals surface area contributed by atoms with Crippen LogP contribution in [0.4, 0.5) is 11.4 Å². The number of nitrogens with zero attached hydrogens (tertiary/aromatic N) is 1. The summed E-state index contributed by atoms with van der Waals surface area (Å²) in [6.07, 6.45) is -0.141. The predicted molar refractivity (Wildman–Crippen MR) is 110 cm³/mol. The molecule has 1 fully saturated rings. The number of carbonyl (C=O) groups is 1. The first-order valence-corrected chi connectivity index (χ1v) is 12.1. The van der Waals surface area contributed by atoms with Gasteiger partial charge >= 0.3 is 0 Å². The minimum atomic E-state index is -4.12. The van der Waals surface area contributed by atoms with Gasteiger partial charge in [0.1, 0.15) is 10.6 Å². The fraction of sp³-hybridized carbons (Fsp3) is 0.316. The predicted octanol–water partition coefficient (Wildman–Crippen LogP) is 2.57. The highest BCUT2D eigenvalue weighted by molar-refractivity contribution is 7.94. The highest BCUT2D eigenvalue weighted by Gasteiger charge is 2.37. The number of benzene rings is 2. The van der Waals surface area contributed by atoms with Gasteiger partial charge in [-0.25, -0.2) is 21.1 Å². The van der Waals surface area contributed by atoms with Gasteiger partial charge in [0.05, 0.1) is 23.7 Å². The maximum absolute atomic E-state index is 13.1. The molecule has 1 saturated heterocycles. The zero-order chi connectivity index (χ0) is 21.4. The molecule has 1 heterocycles. The summed E-state index contributed by atoms with van der Waals surface area (Å²) in [7, 11) is -7.94. The van der Waals surface area contributed by atoms with Crippen molar-refractivity contribution in [3.63, 3.8) is 0 Å². The summed E-state index contributed by atoms with van der Waals surface area (Å²) in [4.78, 5) is 11.8. The Morgan fingerprint density at radius 3 is 2.48 bits per heavy atom. The molecule has 0 saturated carbocycles. The number of hydrogen-bond donors (Lipinski definition) is 1. The van der Waals surface area contributed by atoms with Crippen LogP contribution >= 0.6 is 0 Å². The monoisotopic (exact) mass is 438 g/mol. The molecule has 8 nitrogen and oxygen atoms in total. The van der Waals surface area contributed by atoms with Crippen LogP contribution < -0.4 is 13.8 Å². The fourth-order valence-corrected chi connectivity index (χ4v) is 5.76. The molecule has 3 rings (SSSR count). The van der Waals surface area contributed by atoms with Crippen molar-refractivity contribution in [3.05, 3.63) is 47.5 Å². The van der Waals surface area contributed by atoms with Crippen molar-refractivity contribution in [1.82, 2.24) is 0 Å². The maximum Gasteiger partial charge on any atom is 0.265 e. The first kappa shape index (κ1) is 21.1. The zero-order valence-electron chi connectivity index (χ0n) is 16.3. The molecule has 0 atom stereocenters. The van der Waals surface area contributed by atoms with E-state index in [1.807, 2.05) is 13.0 Å². The molecule has 0 bridgehead atoms. The summed E-state index contributed by atoms with van der Waals surface area (Å²) in [5.74, 6) is -0.833. The molecule has 1 aliphatic heterocycles. The van der Waals surface area contributed by atoms with Crippen LogP contribution in [0, 0.1) is 13.8 Å². The van der Waals surface area contributed by atoms with Gasteiger partial charge in [0, 0.05) is 6.42 Å². The van der Waals surface area contributed by atoms with Crippen molar-refractivity contribution in [2.24, 2.45) is 0 Å². The lowest BCUT2D eigenvalue weighted by Gasteiger charge is -2.19. The van der Waals surface area contributed by atoms with E-state index in [1.165, 1.54) is 12.1 Å². The number of aryl methyl sites for hydroxylation is 2. The third-order valence-electron chi connectivity index (χ3n) is 4.47. The Balaban J connectivity index is 2.10. The Kier molecular flexibility index (Phi) is 5.59. The van der Waals surface area contributed by atoms with E-state index in [9.17, 15) is 21.6 Å². The lowest BCUT2D eigenvalue weighted by atomic mass is 10.1. The number of sulfonamides is 2. The Hall–Kier alpha value is -2.59. The van der Waals surface area contributed by atoms with Crippen LogP contribution in [0.15, 0.2) is 41.3 Å². The zero-order valence-corrected chi connectivity index (χ0v) is 17.9. The largest absolute Gasteiger partial charge is 0.492 e. The van der Waals surface area contributed by atoms with Crippen molar-refractivity contribution in [2.45, 2.75) is 32.1 Å². The highest BCUT2D eigenvalue weighted by atomic mass is 32.2. The van der Waals surface area contributed by atoms with Crippen molar-refractivity contribution < 1.29 is 26.4 Å². The number of amides is 1. The smallest absolute Gasteiger partial charge is 0.265 e. The minimum Gasteiger partial charge on any atom is -0.492 e. The summed E-state index contributed by atoms with van der Waals surface area (Å²) in [6.45, 7) is 5.53. The molecule has 2 aromatic rings. The fourth-order valence-electron chi connectivity index (χ4n) is 3.02. The third-order valence-corrected chi connectivity index (χ3v) is 7.54. The van der Waals surface area contributed by atoms with Crippen LogP contribution in [-0.4, -0.2) is 35.1 Å². The van der Waals surface area contributed by atoms with Gasteiger partial charge < -0.3 is 4.74 Å². The lowest BCUT2D eigenvalue weighted by molar-refractivity contribution is -0.116. The molecule has 2 aromatic carbocycles. The van der Waals surface area contributed by atoms with E-state index in [-0.39, 0.29) is 35.1 Å². The van der Waals surface area contributed by atoms with Crippen molar-refractivity contribution in [2.75, 3.05) is 21.4 Å². The number of ether oxygens (including phenoxy) is 1. The van der Waals surface area contributed by atoms with Gasteiger partial charge in [-0.1, -0.05) is 12.1 Å². The molecule has 0 spiro atoms. The molecule has 10 heteroatoms. The van der Waals surface area contributed by atoms with Crippen LogP contribution in [0.2, 0.25) is 0 Å². The molecule has 0 unspecified atom stereocenters. The quantitative estimate of drug-likeness (QED) is 0.742. The molecule has 0 radical (unpaired) electrons. The molecule has 0 aliphatic carbocycles. The maximum atomic E-state index is 13.1. The number of anilines is 2. The Morgan fingerprint density at radius 1 is 1.14 bits per heavy atom. The molecule has 0 aromatic heterocycles. The van der Waals surface area contributed by atoms with Gasteiger partial charge in [0.25, 0.3) is 10.0 Å². The SMILES string of the molecule is CCOc1ccc(N2C(=O)CCS2(=O)=O)cc1S(=O)(=O)Nc1cc(C)ccc1C. The number of rotatable bonds is 6. The van der Waals surface area contributed by atoms with E-state index in [4.69, 9.17) is 4.74 Å². The van der Waals surface area contributed by atoms with Gasteiger partial charge in [-0.05, 0) is 56.2 Å². The van der Waals surface area contributed by atoms with Crippen molar-refractivity contribution in [1.29, 1.82) is 0 Å². The van der Waals surface area contributed by atoms with E-state index in [0.717, 1.165) is 17.2 Å². The molecule has 1 aliphatic rings.